The van der Waals surface area contributed by atoms with Crippen molar-refractivity contribution < 1.29 is 9.90 Å². The highest BCUT2D eigenvalue weighted by molar-refractivity contribution is 5.95. The molecule has 1 amide bonds. The molecule has 0 atom stereocenters. The van der Waals surface area contributed by atoms with Crippen LogP contribution in [-0.2, 0) is 13.2 Å². The van der Waals surface area contributed by atoms with Crippen LogP contribution in [0.1, 0.15) is 27.2 Å². The molecule has 0 aliphatic carbocycles. The largest absolute Gasteiger partial charge is 0.392 e. The van der Waals surface area contributed by atoms with E-state index < -0.39 is 11.5 Å². The molecule has 0 aliphatic heterocycles. The van der Waals surface area contributed by atoms with Crippen LogP contribution in [0.2, 0.25) is 0 Å². The van der Waals surface area contributed by atoms with Crippen LogP contribution in [0.25, 0.3) is 11.1 Å². The van der Waals surface area contributed by atoms with Gasteiger partial charge in [0.2, 0.25) is 0 Å². The van der Waals surface area contributed by atoms with Gasteiger partial charge in [0, 0.05) is 17.8 Å². The number of H-pyrrole nitrogens is 1. The molecular formula is C21H20N2O3. The van der Waals surface area contributed by atoms with Crippen molar-refractivity contribution in [1.82, 2.24) is 10.3 Å². The quantitative estimate of drug-likeness (QED) is 0.663. The van der Waals surface area contributed by atoms with Crippen LogP contribution in [0.5, 0.6) is 0 Å². The Labute approximate surface area is 151 Å². The van der Waals surface area contributed by atoms with E-state index in [0.717, 1.165) is 22.3 Å². The summed E-state index contributed by atoms with van der Waals surface area (Å²) in [7, 11) is 0. The first-order chi connectivity index (χ1) is 12.6. The number of aliphatic hydroxyl groups is 1. The second-order valence-corrected chi connectivity index (χ2v) is 6.03. The first-order valence-electron chi connectivity index (χ1n) is 8.35. The molecule has 0 spiro atoms. The third kappa shape index (κ3) is 3.73. The van der Waals surface area contributed by atoms with E-state index in [-0.39, 0.29) is 18.7 Å². The number of amides is 1. The van der Waals surface area contributed by atoms with Gasteiger partial charge in [-0.25, -0.2) is 0 Å². The van der Waals surface area contributed by atoms with Crippen LogP contribution in [0, 0.1) is 6.92 Å². The Morgan fingerprint density at radius 1 is 1.04 bits per heavy atom. The Morgan fingerprint density at radius 3 is 2.38 bits per heavy atom. The average Bonchev–Trinajstić information content (AvgIpc) is 2.67. The average molecular weight is 348 g/mol. The standard InChI is InChI=1S/C21H20N2O3/c1-14-18(15-7-3-2-4-8-15)11-19(21(26)23-14)20(25)22-12-16-9-5-6-10-17(16)13-24/h2-11,24H,12-13H2,1H3,(H,22,25)(H,23,26). The van der Waals surface area contributed by atoms with Crippen molar-refractivity contribution in [1.29, 1.82) is 0 Å². The van der Waals surface area contributed by atoms with Crippen molar-refractivity contribution >= 4 is 5.91 Å². The number of hydrogen-bond donors (Lipinski definition) is 3. The van der Waals surface area contributed by atoms with Crippen LogP contribution in [0.4, 0.5) is 0 Å². The number of aliphatic hydroxyl groups excluding tert-OH is 1. The van der Waals surface area contributed by atoms with Crippen LogP contribution >= 0.6 is 0 Å². The first-order valence-corrected chi connectivity index (χ1v) is 8.35. The number of aryl methyl sites for hydroxylation is 1. The van der Waals surface area contributed by atoms with Crippen LogP contribution in [0.3, 0.4) is 0 Å². The van der Waals surface area contributed by atoms with Gasteiger partial charge < -0.3 is 15.4 Å². The summed E-state index contributed by atoms with van der Waals surface area (Å²) >= 11 is 0. The third-order valence-corrected chi connectivity index (χ3v) is 4.30. The lowest BCUT2D eigenvalue weighted by molar-refractivity contribution is 0.0949. The zero-order valence-electron chi connectivity index (χ0n) is 14.5. The molecule has 0 fully saturated rings. The summed E-state index contributed by atoms with van der Waals surface area (Å²) in [6.45, 7) is 1.95. The summed E-state index contributed by atoms with van der Waals surface area (Å²) in [6, 6.07) is 18.5. The van der Waals surface area contributed by atoms with Gasteiger partial charge in [-0.15, -0.1) is 0 Å². The lowest BCUT2D eigenvalue weighted by atomic mass is 10.0. The molecule has 3 rings (SSSR count). The third-order valence-electron chi connectivity index (χ3n) is 4.30. The van der Waals surface area contributed by atoms with Crippen molar-refractivity contribution in [2.45, 2.75) is 20.1 Å². The monoisotopic (exact) mass is 348 g/mol. The maximum atomic E-state index is 12.5. The van der Waals surface area contributed by atoms with Gasteiger partial charge in [-0.3, -0.25) is 9.59 Å². The number of aromatic nitrogens is 1. The minimum absolute atomic E-state index is 0.0657. The molecule has 132 valence electrons. The molecular weight excluding hydrogens is 328 g/mol. The Hall–Kier alpha value is -3.18. The molecule has 0 saturated carbocycles. The fourth-order valence-corrected chi connectivity index (χ4v) is 2.86. The van der Waals surface area contributed by atoms with E-state index in [9.17, 15) is 14.7 Å². The Balaban J connectivity index is 1.87. The molecule has 0 aliphatic rings. The zero-order chi connectivity index (χ0) is 18.5. The van der Waals surface area contributed by atoms with E-state index >= 15 is 0 Å². The van der Waals surface area contributed by atoms with Gasteiger partial charge in [0.05, 0.1) is 6.61 Å². The van der Waals surface area contributed by atoms with Gasteiger partial charge in [-0.2, -0.15) is 0 Å². The zero-order valence-corrected chi connectivity index (χ0v) is 14.5. The summed E-state index contributed by atoms with van der Waals surface area (Å²) in [5.74, 6) is -0.448. The second kappa shape index (κ2) is 7.80. The second-order valence-electron chi connectivity index (χ2n) is 6.03. The molecule has 0 saturated heterocycles. The highest BCUT2D eigenvalue weighted by Gasteiger charge is 2.14. The van der Waals surface area contributed by atoms with E-state index in [1.807, 2.05) is 55.5 Å². The molecule has 5 nitrogen and oxygen atoms in total. The highest BCUT2D eigenvalue weighted by atomic mass is 16.3. The molecule has 3 aromatic rings. The predicted octanol–water partition coefficient (Wildman–Crippen LogP) is 2.77. The number of hydrogen-bond acceptors (Lipinski definition) is 3. The lowest BCUT2D eigenvalue weighted by Gasteiger charge is -2.11. The van der Waals surface area contributed by atoms with Gasteiger partial charge >= 0.3 is 0 Å². The fraction of sp³-hybridized carbons (Fsp3) is 0.143. The molecule has 0 bridgehead atoms. The van der Waals surface area contributed by atoms with Crippen LogP contribution in [0.15, 0.2) is 65.5 Å². The van der Waals surface area contributed by atoms with E-state index in [2.05, 4.69) is 10.3 Å². The maximum absolute atomic E-state index is 12.5. The summed E-state index contributed by atoms with van der Waals surface area (Å²) < 4.78 is 0. The molecule has 2 aromatic carbocycles. The first kappa shape index (κ1) is 17.6. The molecule has 0 radical (unpaired) electrons. The fourth-order valence-electron chi connectivity index (χ4n) is 2.86. The molecule has 1 aromatic heterocycles. The van der Waals surface area contributed by atoms with Gasteiger partial charge in [-0.1, -0.05) is 54.6 Å². The summed E-state index contributed by atoms with van der Waals surface area (Å²) in [6.07, 6.45) is 0. The molecule has 5 heteroatoms. The van der Waals surface area contributed by atoms with Crippen molar-refractivity contribution in [3.63, 3.8) is 0 Å². The topological polar surface area (TPSA) is 82.2 Å². The summed E-state index contributed by atoms with van der Waals surface area (Å²) in [5, 5.41) is 12.1. The number of carbonyl (C=O) groups is 1. The minimum atomic E-state index is -0.448. The number of nitrogens with one attached hydrogen (secondary N) is 2. The lowest BCUT2D eigenvalue weighted by Crippen LogP contribution is -2.30. The van der Waals surface area contributed by atoms with Crippen molar-refractivity contribution in [3.8, 4) is 11.1 Å². The van der Waals surface area contributed by atoms with Crippen molar-refractivity contribution in [2.75, 3.05) is 0 Å². The Morgan fingerprint density at radius 2 is 1.69 bits per heavy atom. The summed E-state index contributed by atoms with van der Waals surface area (Å²) in [5.41, 5.74) is 3.66. The van der Waals surface area contributed by atoms with Crippen molar-refractivity contribution in [2.24, 2.45) is 0 Å². The van der Waals surface area contributed by atoms with Crippen molar-refractivity contribution in [3.05, 3.63) is 93.4 Å². The minimum Gasteiger partial charge on any atom is -0.392 e. The smallest absolute Gasteiger partial charge is 0.261 e. The SMILES string of the molecule is Cc1[nH]c(=O)c(C(=O)NCc2ccccc2CO)cc1-c1ccccc1. The Kier molecular flexibility index (Phi) is 5.29. The van der Waals surface area contributed by atoms with Gasteiger partial charge in [0.25, 0.3) is 11.5 Å². The van der Waals surface area contributed by atoms with Gasteiger partial charge in [-0.05, 0) is 29.7 Å². The number of pyridine rings is 1. The molecule has 3 N–H and O–H groups in total. The van der Waals surface area contributed by atoms with Crippen LogP contribution < -0.4 is 10.9 Å². The van der Waals surface area contributed by atoms with E-state index in [1.165, 1.54) is 0 Å². The van der Waals surface area contributed by atoms with Gasteiger partial charge in [0.1, 0.15) is 5.56 Å². The van der Waals surface area contributed by atoms with Crippen LogP contribution in [-0.4, -0.2) is 16.0 Å². The van der Waals surface area contributed by atoms with E-state index in [4.69, 9.17) is 0 Å². The van der Waals surface area contributed by atoms with E-state index in [0.29, 0.717) is 5.69 Å². The number of rotatable bonds is 5. The number of benzene rings is 2. The normalized spacial score (nSPS) is 10.5. The summed E-state index contributed by atoms with van der Waals surface area (Å²) in [4.78, 5) is 27.5. The number of carbonyl (C=O) groups excluding carboxylic acids is 1. The number of aromatic amines is 1. The Bertz CT molecular complexity index is 978. The molecule has 1 heterocycles. The molecule has 26 heavy (non-hydrogen) atoms. The predicted molar refractivity (Wildman–Crippen MR) is 101 cm³/mol. The highest BCUT2D eigenvalue weighted by Crippen LogP contribution is 2.21. The van der Waals surface area contributed by atoms with Gasteiger partial charge in [0.15, 0.2) is 0 Å². The maximum Gasteiger partial charge on any atom is 0.261 e. The molecule has 0 unspecified atom stereocenters. The van der Waals surface area contributed by atoms with E-state index in [1.54, 1.807) is 12.1 Å².